The maximum absolute atomic E-state index is 13.5. The molecule has 2 saturated heterocycles. The van der Waals surface area contributed by atoms with E-state index in [1.165, 1.54) is 30.6 Å². The summed E-state index contributed by atoms with van der Waals surface area (Å²) in [5.41, 5.74) is 0. The molecule has 0 bridgehead atoms. The standard InChI is InChI=1S/C22H38N3O10P/c1-13(26)16(14(2)27)11-19(29)17-7-5-9-24(17)21(30)18-8-6-10-25(18)22(31)20(15(3)28)23-12-35-36(32,33)34-4/h13,15-18,20,23,26,28H,5-12H2,1-4H3,(H,32,33)/t13-,15-,16+,17+,18+,20+/m1/s1. The lowest BCUT2D eigenvalue weighted by Gasteiger charge is -2.33. The number of ketones is 2. The van der Waals surface area contributed by atoms with Crippen LogP contribution in [-0.4, -0.2) is 106 Å². The molecular formula is C22H38N3O10P. The van der Waals surface area contributed by atoms with E-state index in [1.807, 2.05) is 0 Å². The summed E-state index contributed by atoms with van der Waals surface area (Å²) in [5, 5.41) is 22.6. The molecule has 0 aliphatic carbocycles. The Morgan fingerprint density at radius 2 is 1.61 bits per heavy atom. The van der Waals surface area contributed by atoms with E-state index in [-0.39, 0.29) is 30.4 Å². The van der Waals surface area contributed by atoms with Crippen molar-refractivity contribution in [2.24, 2.45) is 5.92 Å². The Hall–Kier alpha value is -1.73. The lowest BCUT2D eigenvalue weighted by Crippen LogP contribution is -2.57. The summed E-state index contributed by atoms with van der Waals surface area (Å²) in [4.78, 5) is 63.7. The minimum Gasteiger partial charge on any atom is -0.393 e. The van der Waals surface area contributed by atoms with Gasteiger partial charge in [-0.2, -0.15) is 0 Å². The number of aliphatic hydroxyl groups is 2. The van der Waals surface area contributed by atoms with Crippen molar-refractivity contribution in [3.05, 3.63) is 0 Å². The van der Waals surface area contributed by atoms with Crippen molar-refractivity contribution in [2.75, 3.05) is 26.9 Å². The third-order valence-electron chi connectivity index (χ3n) is 6.76. The van der Waals surface area contributed by atoms with Gasteiger partial charge in [0, 0.05) is 32.5 Å². The largest absolute Gasteiger partial charge is 0.473 e. The van der Waals surface area contributed by atoms with Gasteiger partial charge in [0.25, 0.3) is 0 Å². The molecule has 2 heterocycles. The molecule has 0 aromatic heterocycles. The smallest absolute Gasteiger partial charge is 0.393 e. The predicted molar refractivity (Wildman–Crippen MR) is 126 cm³/mol. The van der Waals surface area contributed by atoms with Gasteiger partial charge in [0.15, 0.2) is 5.78 Å². The number of amides is 2. The van der Waals surface area contributed by atoms with Gasteiger partial charge < -0.3 is 24.9 Å². The molecule has 4 N–H and O–H groups in total. The molecule has 2 aliphatic rings. The van der Waals surface area contributed by atoms with E-state index in [2.05, 4.69) is 14.4 Å². The topological polar surface area (TPSA) is 183 Å². The number of hydrogen-bond acceptors (Lipinski definition) is 10. The van der Waals surface area contributed by atoms with Crippen molar-refractivity contribution >= 4 is 31.2 Å². The molecule has 2 fully saturated rings. The van der Waals surface area contributed by atoms with Crippen molar-refractivity contribution in [2.45, 2.75) is 83.2 Å². The second kappa shape index (κ2) is 13.2. The van der Waals surface area contributed by atoms with E-state index in [4.69, 9.17) is 0 Å². The van der Waals surface area contributed by atoms with Crippen LogP contribution in [0, 0.1) is 5.92 Å². The Morgan fingerprint density at radius 1 is 1.03 bits per heavy atom. The number of phosphoric ester groups is 1. The molecule has 0 radical (unpaired) electrons. The average molecular weight is 536 g/mol. The van der Waals surface area contributed by atoms with E-state index < -0.39 is 56.7 Å². The highest BCUT2D eigenvalue weighted by Gasteiger charge is 2.44. The van der Waals surface area contributed by atoms with Crippen LogP contribution in [0.1, 0.15) is 52.9 Å². The number of nitrogens with one attached hydrogen (secondary N) is 1. The second-order valence-electron chi connectivity index (χ2n) is 9.35. The minimum absolute atomic E-state index is 0.168. The summed E-state index contributed by atoms with van der Waals surface area (Å²) in [6.45, 7) is 4.17. The van der Waals surface area contributed by atoms with Crippen LogP contribution >= 0.6 is 7.82 Å². The van der Waals surface area contributed by atoms with Gasteiger partial charge in [-0.1, -0.05) is 0 Å². The van der Waals surface area contributed by atoms with E-state index in [0.29, 0.717) is 32.2 Å². The number of nitrogens with zero attached hydrogens (tertiary/aromatic N) is 2. The van der Waals surface area contributed by atoms with Gasteiger partial charge in [0.1, 0.15) is 24.6 Å². The molecule has 1 unspecified atom stereocenters. The predicted octanol–water partition coefficient (Wildman–Crippen LogP) is -0.426. The lowest BCUT2D eigenvalue weighted by atomic mass is 9.90. The number of Topliss-reactive ketones (excluding diaryl/α,β-unsaturated/α-hetero) is 2. The third kappa shape index (κ3) is 7.64. The number of hydrogen-bond donors (Lipinski definition) is 4. The molecule has 0 aromatic carbocycles. The van der Waals surface area contributed by atoms with Crippen LogP contribution in [0.5, 0.6) is 0 Å². The van der Waals surface area contributed by atoms with E-state index in [9.17, 15) is 38.8 Å². The van der Waals surface area contributed by atoms with Crippen LogP contribution in [-0.2, 0) is 32.8 Å². The summed E-state index contributed by atoms with van der Waals surface area (Å²) in [7, 11) is -3.31. The highest BCUT2D eigenvalue weighted by atomic mass is 31.2. The molecule has 0 spiro atoms. The Kier molecular flexibility index (Phi) is 11.2. The minimum atomic E-state index is -4.30. The zero-order valence-electron chi connectivity index (χ0n) is 21.2. The van der Waals surface area contributed by atoms with Crippen LogP contribution in [0.2, 0.25) is 0 Å². The Morgan fingerprint density at radius 3 is 2.14 bits per heavy atom. The molecule has 0 aromatic rings. The maximum Gasteiger partial charge on any atom is 0.473 e. The highest BCUT2D eigenvalue weighted by Crippen LogP contribution is 2.41. The average Bonchev–Trinajstić information content (AvgIpc) is 3.48. The van der Waals surface area contributed by atoms with Crippen molar-refractivity contribution in [1.82, 2.24) is 15.1 Å². The molecular weight excluding hydrogens is 497 g/mol. The van der Waals surface area contributed by atoms with Crippen LogP contribution in [0.4, 0.5) is 0 Å². The SMILES string of the molecule is COP(=O)(O)OCN[C@H](C(=O)N1CCC[C@H]1C(=O)N1CCC[C@H]1C(=O)C[C@H](C(C)=O)[C@@H](C)O)[C@@H](C)O. The molecule has 2 amide bonds. The first-order chi connectivity index (χ1) is 16.8. The molecule has 2 aliphatic heterocycles. The molecule has 0 saturated carbocycles. The first-order valence-electron chi connectivity index (χ1n) is 12.1. The number of aliphatic hydroxyl groups excluding tert-OH is 2. The van der Waals surface area contributed by atoms with E-state index in [0.717, 1.165) is 7.11 Å². The van der Waals surface area contributed by atoms with Gasteiger partial charge in [-0.05, 0) is 46.5 Å². The van der Waals surface area contributed by atoms with Crippen LogP contribution in [0.3, 0.4) is 0 Å². The number of carbonyl (C=O) groups excluding carboxylic acids is 4. The molecule has 206 valence electrons. The zero-order chi connectivity index (χ0) is 27.2. The Labute approximate surface area is 210 Å². The molecule has 13 nitrogen and oxygen atoms in total. The van der Waals surface area contributed by atoms with E-state index in [1.54, 1.807) is 0 Å². The van der Waals surface area contributed by atoms with Gasteiger partial charge in [0.2, 0.25) is 11.8 Å². The van der Waals surface area contributed by atoms with Gasteiger partial charge in [-0.3, -0.25) is 33.5 Å². The fraction of sp³-hybridized carbons (Fsp3) is 0.818. The second-order valence-corrected chi connectivity index (χ2v) is 10.9. The van der Waals surface area contributed by atoms with Gasteiger partial charge in [-0.25, -0.2) is 4.57 Å². The fourth-order valence-corrected chi connectivity index (χ4v) is 5.10. The number of phosphoric acid groups is 1. The summed E-state index contributed by atoms with van der Waals surface area (Å²) in [5.74, 6) is -2.40. The van der Waals surface area contributed by atoms with Crippen LogP contribution in [0.25, 0.3) is 0 Å². The number of carbonyl (C=O) groups is 4. The van der Waals surface area contributed by atoms with Crippen molar-refractivity contribution in [1.29, 1.82) is 0 Å². The summed E-state index contributed by atoms with van der Waals surface area (Å²) >= 11 is 0. The summed E-state index contributed by atoms with van der Waals surface area (Å²) in [6.07, 6.45) is -0.408. The summed E-state index contributed by atoms with van der Waals surface area (Å²) in [6, 6.07) is -2.78. The molecule has 14 heteroatoms. The first-order valence-corrected chi connectivity index (χ1v) is 13.6. The third-order valence-corrected chi connectivity index (χ3v) is 7.68. The summed E-state index contributed by atoms with van der Waals surface area (Å²) < 4.78 is 20.5. The number of likely N-dealkylation sites (tertiary alicyclic amines) is 2. The van der Waals surface area contributed by atoms with Gasteiger partial charge in [-0.15, -0.1) is 0 Å². The molecule has 7 atom stereocenters. The molecule has 2 rings (SSSR count). The van der Waals surface area contributed by atoms with E-state index >= 15 is 0 Å². The Bertz CT molecular complexity index is 867. The van der Waals surface area contributed by atoms with Crippen LogP contribution in [0.15, 0.2) is 0 Å². The quantitative estimate of drug-likeness (QED) is 0.177. The lowest BCUT2D eigenvalue weighted by molar-refractivity contribution is -0.148. The highest BCUT2D eigenvalue weighted by molar-refractivity contribution is 7.47. The monoisotopic (exact) mass is 535 g/mol. The molecule has 36 heavy (non-hydrogen) atoms. The van der Waals surface area contributed by atoms with Crippen molar-refractivity contribution in [3.8, 4) is 0 Å². The number of rotatable bonds is 13. The van der Waals surface area contributed by atoms with Crippen molar-refractivity contribution in [3.63, 3.8) is 0 Å². The normalized spacial score (nSPS) is 25.2. The van der Waals surface area contributed by atoms with Gasteiger partial charge in [0.05, 0.1) is 18.2 Å². The zero-order valence-corrected chi connectivity index (χ0v) is 22.1. The Balaban J connectivity index is 2.11. The van der Waals surface area contributed by atoms with Crippen molar-refractivity contribution < 1.29 is 47.9 Å². The van der Waals surface area contributed by atoms with Gasteiger partial charge >= 0.3 is 7.82 Å². The fourth-order valence-electron chi connectivity index (χ4n) is 4.75. The maximum atomic E-state index is 13.5. The van der Waals surface area contributed by atoms with Crippen LogP contribution < -0.4 is 5.32 Å². The first kappa shape index (κ1) is 30.5.